The fourth-order valence-corrected chi connectivity index (χ4v) is 0.961. The summed E-state index contributed by atoms with van der Waals surface area (Å²) in [6, 6.07) is 0. The minimum atomic E-state index is -1.10. The van der Waals surface area contributed by atoms with Gasteiger partial charge in [0.1, 0.15) is 0 Å². The Kier molecular flexibility index (Phi) is 6.37. The summed E-state index contributed by atoms with van der Waals surface area (Å²) in [5.41, 5.74) is 0. The standard InChI is InChI=1S/C4H10BIO2/c6-4-2-1-3-5(7)8/h7-8H,1-4H2. The summed E-state index contributed by atoms with van der Waals surface area (Å²) in [6.07, 6.45) is 2.52. The summed E-state index contributed by atoms with van der Waals surface area (Å²) in [7, 11) is -1.10. The average Bonchev–Trinajstić information content (AvgIpc) is 1.66. The van der Waals surface area contributed by atoms with Crippen molar-refractivity contribution in [3.63, 3.8) is 0 Å². The Labute approximate surface area is 63.6 Å². The van der Waals surface area contributed by atoms with E-state index >= 15 is 0 Å². The monoisotopic (exact) mass is 228 g/mol. The molecule has 0 aliphatic heterocycles. The van der Waals surface area contributed by atoms with Gasteiger partial charge in [0.15, 0.2) is 0 Å². The number of alkyl halides is 1. The molecular formula is C4H10BIO2. The number of hydrogen-bond donors (Lipinski definition) is 2. The maximum absolute atomic E-state index is 8.33. The van der Waals surface area contributed by atoms with Crippen molar-refractivity contribution in [2.75, 3.05) is 4.43 Å². The molecule has 0 bridgehead atoms. The molecule has 0 aliphatic rings. The van der Waals surface area contributed by atoms with Crippen molar-refractivity contribution >= 4 is 29.7 Å². The van der Waals surface area contributed by atoms with E-state index in [1.807, 2.05) is 0 Å². The second kappa shape index (κ2) is 5.84. The van der Waals surface area contributed by atoms with Gasteiger partial charge in [-0.1, -0.05) is 29.0 Å². The molecule has 0 atom stereocenters. The summed E-state index contributed by atoms with van der Waals surface area (Å²) in [5, 5.41) is 16.7. The van der Waals surface area contributed by atoms with Crippen LogP contribution < -0.4 is 0 Å². The lowest BCUT2D eigenvalue weighted by Gasteiger charge is -1.93. The normalized spacial score (nSPS) is 9.38. The van der Waals surface area contributed by atoms with Gasteiger partial charge < -0.3 is 10.0 Å². The van der Waals surface area contributed by atoms with E-state index in [0.29, 0.717) is 6.32 Å². The van der Waals surface area contributed by atoms with E-state index in [-0.39, 0.29) is 0 Å². The first-order valence-corrected chi connectivity index (χ1v) is 4.22. The Morgan fingerprint density at radius 2 is 1.88 bits per heavy atom. The summed E-state index contributed by atoms with van der Waals surface area (Å²) >= 11 is 2.27. The minimum absolute atomic E-state index is 0.517. The van der Waals surface area contributed by atoms with Crippen LogP contribution in [0.3, 0.4) is 0 Å². The topological polar surface area (TPSA) is 40.5 Å². The van der Waals surface area contributed by atoms with Gasteiger partial charge in [0.25, 0.3) is 0 Å². The molecular weight excluding hydrogens is 218 g/mol. The lowest BCUT2D eigenvalue weighted by Crippen LogP contribution is -2.09. The first-order valence-electron chi connectivity index (χ1n) is 2.69. The lowest BCUT2D eigenvalue weighted by molar-refractivity contribution is 0.403. The van der Waals surface area contributed by atoms with Gasteiger partial charge in [-0.2, -0.15) is 0 Å². The van der Waals surface area contributed by atoms with Crippen LogP contribution in [0.4, 0.5) is 0 Å². The van der Waals surface area contributed by atoms with Gasteiger partial charge in [-0.05, 0) is 17.2 Å². The molecule has 0 heterocycles. The van der Waals surface area contributed by atoms with Crippen LogP contribution in [-0.2, 0) is 0 Å². The largest absolute Gasteiger partial charge is 0.451 e. The molecule has 0 aromatic heterocycles. The van der Waals surface area contributed by atoms with Crippen LogP contribution in [0, 0.1) is 0 Å². The van der Waals surface area contributed by atoms with Crippen molar-refractivity contribution in [1.82, 2.24) is 0 Å². The van der Waals surface area contributed by atoms with Gasteiger partial charge in [0.2, 0.25) is 0 Å². The molecule has 2 nitrogen and oxygen atoms in total. The maximum atomic E-state index is 8.33. The van der Waals surface area contributed by atoms with Crippen LogP contribution >= 0.6 is 22.6 Å². The molecule has 0 unspecified atom stereocenters. The average molecular weight is 228 g/mol. The number of halogens is 1. The predicted octanol–water partition coefficient (Wildman–Crippen LogP) is 0.674. The Morgan fingerprint density at radius 1 is 1.25 bits per heavy atom. The van der Waals surface area contributed by atoms with E-state index in [2.05, 4.69) is 22.6 Å². The molecule has 0 amide bonds. The van der Waals surface area contributed by atoms with E-state index in [9.17, 15) is 0 Å². The SMILES string of the molecule is OB(O)CCCCI. The lowest BCUT2D eigenvalue weighted by atomic mass is 9.84. The molecule has 0 aromatic carbocycles. The van der Waals surface area contributed by atoms with Crippen molar-refractivity contribution in [3.8, 4) is 0 Å². The molecule has 0 fully saturated rings. The van der Waals surface area contributed by atoms with Gasteiger partial charge in [0.05, 0.1) is 0 Å². The van der Waals surface area contributed by atoms with E-state index in [1.165, 1.54) is 0 Å². The Bertz CT molecular complexity index is 51.3. The van der Waals surface area contributed by atoms with E-state index < -0.39 is 7.12 Å². The molecule has 0 aliphatic carbocycles. The highest BCUT2D eigenvalue weighted by molar-refractivity contribution is 14.1. The zero-order chi connectivity index (χ0) is 6.41. The summed E-state index contributed by atoms with van der Waals surface area (Å²) < 4.78 is 1.10. The van der Waals surface area contributed by atoms with Gasteiger partial charge in [0, 0.05) is 0 Å². The second-order valence-electron chi connectivity index (χ2n) is 1.67. The molecule has 8 heavy (non-hydrogen) atoms. The van der Waals surface area contributed by atoms with Crippen molar-refractivity contribution < 1.29 is 10.0 Å². The third-order valence-electron chi connectivity index (χ3n) is 0.846. The number of hydrogen-bond acceptors (Lipinski definition) is 2. The number of rotatable bonds is 4. The number of unbranched alkanes of at least 4 members (excludes halogenated alkanes) is 1. The fraction of sp³-hybridized carbons (Fsp3) is 1.00. The molecule has 4 heteroatoms. The molecule has 0 aromatic rings. The van der Waals surface area contributed by atoms with Crippen LogP contribution in [0.2, 0.25) is 6.32 Å². The fourth-order valence-electron chi connectivity index (χ4n) is 0.421. The van der Waals surface area contributed by atoms with Crippen LogP contribution in [0.1, 0.15) is 12.8 Å². The highest BCUT2D eigenvalue weighted by atomic mass is 127. The van der Waals surface area contributed by atoms with Crippen molar-refractivity contribution in [1.29, 1.82) is 0 Å². The maximum Gasteiger partial charge on any atom is 0.451 e. The molecule has 0 radical (unpaired) electrons. The first-order chi connectivity index (χ1) is 3.77. The van der Waals surface area contributed by atoms with Gasteiger partial charge >= 0.3 is 7.12 Å². The summed E-state index contributed by atoms with van der Waals surface area (Å²) in [5.74, 6) is 0. The summed E-state index contributed by atoms with van der Waals surface area (Å²) in [6.45, 7) is 0. The molecule has 0 rings (SSSR count). The molecule has 48 valence electrons. The molecule has 0 spiro atoms. The van der Waals surface area contributed by atoms with Crippen LogP contribution in [0.15, 0.2) is 0 Å². The third-order valence-corrected chi connectivity index (χ3v) is 1.61. The predicted molar refractivity (Wildman–Crippen MR) is 43.1 cm³/mol. The van der Waals surface area contributed by atoms with Crippen molar-refractivity contribution in [3.05, 3.63) is 0 Å². The van der Waals surface area contributed by atoms with Gasteiger partial charge in [-0.15, -0.1) is 0 Å². The molecule has 0 saturated carbocycles. The van der Waals surface area contributed by atoms with Crippen molar-refractivity contribution in [2.24, 2.45) is 0 Å². The highest BCUT2D eigenvalue weighted by Gasteiger charge is 2.03. The molecule has 2 N–H and O–H groups in total. The second-order valence-corrected chi connectivity index (χ2v) is 2.74. The quantitative estimate of drug-likeness (QED) is 0.321. The first kappa shape index (κ1) is 8.71. The van der Waals surface area contributed by atoms with E-state index in [1.54, 1.807) is 0 Å². The van der Waals surface area contributed by atoms with Gasteiger partial charge in [-0.3, -0.25) is 0 Å². The Morgan fingerprint density at radius 3 is 2.25 bits per heavy atom. The van der Waals surface area contributed by atoms with Crippen LogP contribution in [-0.4, -0.2) is 21.6 Å². The van der Waals surface area contributed by atoms with Crippen molar-refractivity contribution in [2.45, 2.75) is 19.2 Å². The van der Waals surface area contributed by atoms with Crippen LogP contribution in [0.5, 0.6) is 0 Å². The van der Waals surface area contributed by atoms with E-state index in [4.69, 9.17) is 10.0 Å². The van der Waals surface area contributed by atoms with Gasteiger partial charge in [-0.25, -0.2) is 0 Å². The minimum Gasteiger partial charge on any atom is -0.427 e. The Balaban J connectivity index is 2.72. The van der Waals surface area contributed by atoms with Crippen LogP contribution in [0.25, 0.3) is 0 Å². The smallest absolute Gasteiger partial charge is 0.427 e. The zero-order valence-corrected chi connectivity index (χ0v) is 6.84. The molecule has 0 saturated heterocycles. The summed E-state index contributed by atoms with van der Waals surface area (Å²) in [4.78, 5) is 0. The van der Waals surface area contributed by atoms with E-state index in [0.717, 1.165) is 17.3 Å². The highest BCUT2D eigenvalue weighted by Crippen LogP contribution is 1.99. The third kappa shape index (κ3) is 6.71. The zero-order valence-electron chi connectivity index (χ0n) is 4.68. The Hall–Kier alpha value is 0.715.